The van der Waals surface area contributed by atoms with Gasteiger partial charge in [-0.2, -0.15) is 0 Å². The van der Waals surface area contributed by atoms with Gasteiger partial charge in [-0.3, -0.25) is 0 Å². The van der Waals surface area contributed by atoms with Crippen LogP contribution in [0.15, 0.2) is 41.1 Å². The monoisotopic (exact) mass is 339 g/mol. The van der Waals surface area contributed by atoms with Gasteiger partial charge < -0.3 is 23.5 Å². The average molecular weight is 339 g/mol. The number of hydrogen-bond acceptors (Lipinski definition) is 6. The van der Waals surface area contributed by atoms with E-state index >= 15 is 0 Å². The molecule has 0 unspecified atom stereocenters. The van der Waals surface area contributed by atoms with Gasteiger partial charge in [0.15, 0.2) is 11.5 Å². The number of hydrogen-bond donors (Lipinski definition) is 0. The average Bonchev–Trinajstić information content (AvgIpc) is 3.07. The molecule has 0 N–H and O–H groups in total. The van der Waals surface area contributed by atoms with Crippen molar-refractivity contribution in [3.63, 3.8) is 0 Å². The molecule has 6 nitrogen and oxygen atoms in total. The zero-order valence-corrected chi connectivity index (χ0v) is 14.2. The topological polar surface area (TPSA) is 63.0 Å². The first-order valence-electron chi connectivity index (χ1n) is 7.91. The molecule has 0 bridgehead atoms. The van der Waals surface area contributed by atoms with Crippen LogP contribution in [0.4, 0.5) is 0 Å². The molecule has 1 aromatic heterocycles. The lowest BCUT2D eigenvalue weighted by Gasteiger charge is -2.15. The normalized spacial score (nSPS) is 11.5. The van der Waals surface area contributed by atoms with E-state index in [1.807, 2.05) is 31.2 Å². The third-order valence-electron chi connectivity index (χ3n) is 4.08. The molecule has 0 radical (unpaired) electrons. The molecule has 128 valence electrons. The fraction of sp³-hybridized carbons (Fsp3) is 0.211. The fourth-order valence-electron chi connectivity index (χ4n) is 2.93. The second kappa shape index (κ2) is 6.05. The third-order valence-corrected chi connectivity index (χ3v) is 4.08. The van der Waals surface area contributed by atoms with Crippen molar-refractivity contribution in [2.45, 2.75) is 6.92 Å². The van der Waals surface area contributed by atoms with Gasteiger partial charge in [0.05, 0.1) is 32.0 Å². The molecule has 0 amide bonds. The number of methoxy groups -OCH3 is 2. The van der Waals surface area contributed by atoms with Crippen molar-refractivity contribution >= 4 is 0 Å². The van der Waals surface area contributed by atoms with Gasteiger partial charge in [-0.1, -0.05) is 5.16 Å². The molecule has 0 saturated heterocycles. The summed E-state index contributed by atoms with van der Waals surface area (Å²) in [6.45, 7) is 2.52. The van der Waals surface area contributed by atoms with E-state index in [2.05, 4.69) is 5.16 Å². The van der Waals surface area contributed by atoms with E-state index in [4.69, 9.17) is 23.5 Å². The zero-order valence-electron chi connectivity index (χ0n) is 14.2. The van der Waals surface area contributed by atoms with Crippen molar-refractivity contribution in [3.8, 4) is 51.1 Å². The number of benzene rings is 2. The lowest BCUT2D eigenvalue weighted by Crippen LogP contribution is -1.95. The summed E-state index contributed by atoms with van der Waals surface area (Å²) in [4.78, 5) is 0. The molecule has 4 rings (SSSR count). The van der Waals surface area contributed by atoms with E-state index in [1.54, 1.807) is 26.5 Å². The Morgan fingerprint density at radius 3 is 2.60 bits per heavy atom. The number of aromatic nitrogens is 1. The fourth-order valence-corrected chi connectivity index (χ4v) is 2.93. The number of fused-ring (bicyclic) bond motifs is 5. The van der Waals surface area contributed by atoms with E-state index in [0.29, 0.717) is 35.3 Å². The van der Waals surface area contributed by atoms with Crippen LogP contribution in [0.2, 0.25) is 0 Å². The summed E-state index contributed by atoms with van der Waals surface area (Å²) in [5, 5.41) is 4.17. The van der Waals surface area contributed by atoms with Crippen LogP contribution in [0.1, 0.15) is 6.92 Å². The largest absolute Gasteiger partial charge is 0.497 e. The molecular weight excluding hydrogens is 322 g/mol. The van der Waals surface area contributed by atoms with E-state index in [-0.39, 0.29) is 0 Å². The molecule has 25 heavy (non-hydrogen) atoms. The van der Waals surface area contributed by atoms with Crippen LogP contribution < -0.4 is 18.9 Å². The Morgan fingerprint density at radius 2 is 1.84 bits per heavy atom. The second-order valence-electron chi connectivity index (χ2n) is 5.48. The molecule has 0 atom stereocenters. The Labute approximate surface area is 144 Å². The molecule has 2 heterocycles. The smallest absolute Gasteiger partial charge is 0.179 e. The van der Waals surface area contributed by atoms with Gasteiger partial charge in [-0.05, 0) is 25.1 Å². The van der Waals surface area contributed by atoms with E-state index in [1.165, 1.54) is 0 Å². The molecule has 3 aromatic rings. The molecule has 0 saturated carbocycles. The Hall–Kier alpha value is -3.15. The van der Waals surface area contributed by atoms with Crippen LogP contribution in [0, 0.1) is 0 Å². The Bertz CT molecular complexity index is 932. The van der Waals surface area contributed by atoms with Gasteiger partial charge in [0, 0.05) is 17.7 Å². The highest BCUT2D eigenvalue weighted by atomic mass is 16.5. The van der Waals surface area contributed by atoms with Crippen LogP contribution >= 0.6 is 0 Å². The van der Waals surface area contributed by atoms with E-state index in [0.717, 1.165) is 22.4 Å². The molecule has 0 fully saturated rings. The summed E-state index contributed by atoms with van der Waals surface area (Å²) in [5.74, 6) is 3.14. The highest BCUT2D eigenvalue weighted by Gasteiger charge is 2.27. The lowest BCUT2D eigenvalue weighted by molar-refractivity contribution is 0.337. The second-order valence-corrected chi connectivity index (χ2v) is 5.48. The molecule has 6 heteroatoms. The summed E-state index contributed by atoms with van der Waals surface area (Å²) < 4.78 is 27.9. The Kier molecular flexibility index (Phi) is 3.72. The maximum Gasteiger partial charge on any atom is 0.179 e. The minimum atomic E-state index is 0.554. The van der Waals surface area contributed by atoms with Crippen molar-refractivity contribution < 1.29 is 23.5 Å². The maximum absolute atomic E-state index is 6.21. The van der Waals surface area contributed by atoms with Crippen LogP contribution in [-0.4, -0.2) is 26.0 Å². The first-order valence-corrected chi connectivity index (χ1v) is 7.91. The van der Waals surface area contributed by atoms with E-state index < -0.39 is 0 Å². The summed E-state index contributed by atoms with van der Waals surface area (Å²) >= 11 is 0. The highest BCUT2D eigenvalue weighted by molar-refractivity contribution is 5.89. The van der Waals surface area contributed by atoms with Crippen LogP contribution in [-0.2, 0) is 0 Å². The van der Waals surface area contributed by atoms with Gasteiger partial charge in [-0.25, -0.2) is 0 Å². The molecule has 2 aromatic carbocycles. The van der Waals surface area contributed by atoms with Crippen LogP contribution in [0.3, 0.4) is 0 Å². The SMILES string of the molecule is CCOc1ccc2c(c1)Oc1c(OC)cc(OC)cc1-c1nocc1-2. The predicted octanol–water partition coefficient (Wildman–Crippen LogP) is 4.53. The number of nitrogens with zero attached hydrogens (tertiary/aromatic N) is 1. The number of ether oxygens (including phenoxy) is 4. The third kappa shape index (κ3) is 2.46. The van der Waals surface area contributed by atoms with Crippen molar-refractivity contribution in [3.05, 3.63) is 36.6 Å². The maximum atomic E-state index is 6.21. The minimum Gasteiger partial charge on any atom is -0.497 e. The van der Waals surface area contributed by atoms with Gasteiger partial charge in [0.2, 0.25) is 0 Å². The van der Waals surface area contributed by atoms with Gasteiger partial charge in [0.1, 0.15) is 29.2 Å². The van der Waals surface area contributed by atoms with Gasteiger partial charge >= 0.3 is 0 Å². The standard InChI is InChI=1S/C19H17NO5/c1-4-23-11-5-6-13-15-10-24-20-18(15)14-7-12(21-2)9-17(22-3)19(14)25-16(13)8-11/h5-10H,4H2,1-3H3. The zero-order chi connectivity index (χ0) is 17.4. The Balaban J connectivity index is 1.98. The Morgan fingerprint density at radius 1 is 0.960 bits per heavy atom. The first-order chi connectivity index (χ1) is 12.2. The summed E-state index contributed by atoms with van der Waals surface area (Å²) in [6.07, 6.45) is 1.61. The van der Waals surface area contributed by atoms with Crippen molar-refractivity contribution in [2.24, 2.45) is 0 Å². The van der Waals surface area contributed by atoms with Crippen molar-refractivity contribution in [1.29, 1.82) is 0 Å². The van der Waals surface area contributed by atoms with Gasteiger partial charge in [-0.15, -0.1) is 0 Å². The molecule has 1 aliphatic heterocycles. The molecular formula is C19H17NO5. The lowest BCUT2D eigenvalue weighted by atomic mass is 10.0. The summed E-state index contributed by atoms with van der Waals surface area (Å²) in [6, 6.07) is 9.32. The first kappa shape index (κ1) is 15.4. The minimum absolute atomic E-state index is 0.554. The van der Waals surface area contributed by atoms with Crippen LogP contribution in [0.5, 0.6) is 28.7 Å². The summed E-state index contributed by atoms with van der Waals surface area (Å²) in [5.41, 5.74) is 3.13. The molecule has 1 aliphatic rings. The van der Waals surface area contributed by atoms with Gasteiger partial charge in [0.25, 0.3) is 0 Å². The van der Waals surface area contributed by atoms with Crippen molar-refractivity contribution in [2.75, 3.05) is 20.8 Å². The highest BCUT2D eigenvalue weighted by Crippen LogP contribution is 2.51. The quantitative estimate of drug-likeness (QED) is 0.544. The summed E-state index contributed by atoms with van der Waals surface area (Å²) in [7, 11) is 3.19. The molecule has 0 spiro atoms. The van der Waals surface area contributed by atoms with E-state index in [9.17, 15) is 0 Å². The number of rotatable bonds is 4. The van der Waals surface area contributed by atoms with Crippen LogP contribution in [0.25, 0.3) is 22.4 Å². The predicted molar refractivity (Wildman–Crippen MR) is 91.7 cm³/mol. The molecule has 0 aliphatic carbocycles. The van der Waals surface area contributed by atoms with Crippen molar-refractivity contribution in [1.82, 2.24) is 5.16 Å².